The number of hydrogen-bond donors (Lipinski definition) is 0. The molecule has 0 unspecified atom stereocenters. The van der Waals surface area contributed by atoms with Crippen molar-refractivity contribution in [2.45, 2.75) is 3.79 Å². The average molecular weight is 227 g/mol. The zero-order valence-corrected chi connectivity index (χ0v) is 8.21. The first-order valence-corrected chi connectivity index (χ1v) is 4.51. The minimum Gasteiger partial charge on any atom is -0.205 e. The highest BCUT2D eigenvalue weighted by atomic mass is 35.6. The first kappa shape index (κ1) is 10.2. The number of nitrogens with zero attached hydrogens (tertiary/aromatic N) is 1. The van der Waals surface area contributed by atoms with Crippen LogP contribution in [0.3, 0.4) is 0 Å². The van der Waals surface area contributed by atoms with Gasteiger partial charge < -0.3 is 0 Å². The Balaban J connectivity index is 4.03. The van der Waals surface area contributed by atoms with E-state index >= 15 is 0 Å². The average Bonchev–Trinajstić information content (AvgIpc) is 1.64. The van der Waals surface area contributed by atoms with E-state index in [1.807, 2.05) is 0 Å². The maximum absolute atomic E-state index is 5.39. The molecule has 0 bridgehead atoms. The predicted molar refractivity (Wildman–Crippen MR) is 47.1 cm³/mol. The maximum Gasteiger partial charge on any atom is 0.244 e. The quantitative estimate of drug-likeness (QED) is 0.380. The molecule has 0 aliphatic heterocycles. The van der Waals surface area contributed by atoms with Gasteiger partial charge in [0.15, 0.2) is 5.17 Å². The van der Waals surface area contributed by atoms with Gasteiger partial charge in [0.25, 0.3) is 0 Å². The molecular formula is C3H3Cl4NS. The van der Waals surface area contributed by atoms with Crippen molar-refractivity contribution in [3.05, 3.63) is 0 Å². The van der Waals surface area contributed by atoms with E-state index in [0.717, 1.165) is 11.9 Å². The molecule has 0 aliphatic carbocycles. The molecule has 0 atom stereocenters. The van der Waals surface area contributed by atoms with Crippen LogP contribution in [0, 0.1) is 0 Å². The smallest absolute Gasteiger partial charge is 0.205 e. The first-order chi connectivity index (χ1) is 3.98. The Morgan fingerprint density at radius 2 is 1.89 bits per heavy atom. The Bertz CT molecular complexity index is 117. The molecule has 0 heterocycles. The van der Waals surface area contributed by atoms with Crippen LogP contribution in [0.5, 0.6) is 0 Å². The SMILES string of the molecule is CS/N=C(/Cl)C(Cl)(Cl)Cl. The molecule has 9 heavy (non-hydrogen) atoms. The van der Waals surface area contributed by atoms with E-state index in [2.05, 4.69) is 4.40 Å². The Labute approximate surface area is 77.8 Å². The van der Waals surface area contributed by atoms with E-state index in [0.29, 0.717) is 0 Å². The number of alkyl halides is 3. The van der Waals surface area contributed by atoms with Gasteiger partial charge in [0.1, 0.15) is 0 Å². The molecule has 1 nitrogen and oxygen atoms in total. The molecular weight excluding hydrogens is 224 g/mol. The van der Waals surface area contributed by atoms with Gasteiger partial charge in [0.2, 0.25) is 3.79 Å². The third-order valence-corrected chi connectivity index (χ3v) is 2.07. The van der Waals surface area contributed by atoms with Crippen molar-refractivity contribution in [1.29, 1.82) is 0 Å². The van der Waals surface area contributed by atoms with Gasteiger partial charge in [-0.2, -0.15) is 0 Å². The van der Waals surface area contributed by atoms with Gasteiger partial charge in [0.05, 0.1) is 0 Å². The molecule has 0 aromatic rings. The molecule has 0 radical (unpaired) electrons. The number of hydrogen-bond acceptors (Lipinski definition) is 2. The second kappa shape index (κ2) is 4.14. The lowest BCUT2D eigenvalue weighted by molar-refractivity contribution is 1.60. The molecule has 0 rings (SSSR count). The molecule has 0 spiro atoms. The monoisotopic (exact) mass is 225 g/mol. The molecule has 0 aliphatic rings. The lowest BCUT2D eigenvalue weighted by Crippen LogP contribution is -2.11. The second-order valence-electron chi connectivity index (χ2n) is 1.06. The van der Waals surface area contributed by atoms with Crippen molar-refractivity contribution in [3.8, 4) is 0 Å². The predicted octanol–water partition coefficient (Wildman–Crippen LogP) is 3.27. The van der Waals surface area contributed by atoms with E-state index in [9.17, 15) is 0 Å². The summed E-state index contributed by atoms with van der Waals surface area (Å²) in [6, 6.07) is 0. The normalized spacial score (nSPS) is 14.1. The van der Waals surface area contributed by atoms with Crippen molar-refractivity contribution in [1.82, 2.24) is 0 Å². The van der Waals surface area contributed by atoms with Crippen molar-refractivity contribution < 1.29 is 0 Å². The highest BCUT2D eigenvalue weighted by Crippen LogP contribution is 2.30. The van der Waals surface area contributed by atoms with Crippen molar-refractivity contribution in [3.63, 3.8) is 0 Å². The minimum atomic E-state index is -1.58. The van der Waals surface area contributed by atoms with Gasteiger partial charge in [0, 0.05) is 6.26 Å². The van der Waals surface area contributed by atoms with E-state index in [4.69, 9.17) is 46.4 Å². The lowest BCUT2D eigenvalue weighted by atomic mass is 10.8. The number of halogens is 4. The highest BCUT2D eigenvalue weighted by Gasteiger charge is 2.25. The van der Waals surface area contributed by atoms with Crippen LogP contribution >= 0.6 is 58.4 Å². The van der Waals surface area contributed by atoms with Crippen LogP contribution in [0.25, 0.3) is 0 Å². The molecule has 6 heteroatoms. The summed E-state index contributed by atoms with van der Waals surface area (Å²) >= 11 is 22.5. The Kier molecular flexibility index (Phi) is 4.68. The summed E-state index contributed by atoms with van der Waals surface area (Å²) in [7, 11) is 0. The summed E-state index contributed by atoms with van der Waals surface area (Å²) in [5, 5.41) is -0.0278. The van der Waals surface area contributed by atoms with Gasteiger partial charge in [-0.1, -0.05) is 46.4 Å². The van der Waals surface area contributed by atoms with Crippen LogP contribution in [0.4, 0.5) is 0 Å². The fourth-order valence-corrected chi connectivity index (χ4v) is 0.913. The van der Waals surface area contributed by atoms with Crippen molar-refractivity contribution >= 4 is 63.5 Å². The Hall–Kier alpha value is 1.18. The summed E-state index contributed by atoms with van der Waals surface area (Å²) in [4.78, 5) is 0. The Morgan fingerprint density at radius 1 is 1.44 bits per heavy atom. The molecule has 0 aromatic carbocycles. The summed E-state index contributed by atoms with van der Waals surface area (Å²) in [5.74, 6) is 0. The largest absolute Gasteiger partial charge is 0.244 e. The fraction of sp³-hybridized carbons (Fsp3) is 0.667. The van der Waals surface area contributed by atoms with Crippen LogP contribution in [0.2, 0.25) is 0 Å². The van der Waals surface area contributed by atoms with Gasteiger partial charge in [-0.15, -0.1) is 0 Å². The molecule has 0 amide bonds. The molecule has 0 saturated carbocycles. The van der Waals surface area contributed by atoms with E-state index in [1.54, 1.807) is 6.26 Å². The van der Waals surface area contributed by atoms with Crippen LogP contribution in [-0.2, 0) is 0 Å². The van der Waals surface area contributed by atoms with Crippen LogP contribution in [0.1, 0.15) is 0 Å². The van der Waals surface area contributed by atoms with Crippen molar-refractivity contribution in [2.75, 3.05) is 6.26 Å². The third-order valence-electron chi connectivity index (χ3n) is 0.405. The topological polar surface area (TPSA) is 12.4 Å². The zero-order valence-electron chi connectivity index (χ0n) is 4.37. The number of rotatable bonds is 1. The third kappa shape index (κ3) is 4.57. The molecule has 0 fully saturated rings. The fourth-order valence-electron chi connectivity index (χ4n) is 0.132. The van der Waals surface area contributed by atoms with E-state index in [1.165, 1.54) is 0 Å². The van der Waals surface area contributed by atoms with Gasteiger partial charge >= 0.3 is 0 Å². The molecule has 0 saturated heterocycles. The van der Waals surface area contributed by atoms with Gasteiger partial charge in [-0.05, 0) is 11.9 Å². The van der Waals surface area contributed by atoms with E-state index < -0.39 is 3.79 Å². The Morgan fingerprint density at radius 3 is 2.00 bits per heavy atom. The van der Waals surface area contributed by atoms with Crippen LogP contribution < -0.4 is 0 Å². The van der Waals surface area contributed by atoms with Crippen molar-refractivity contribution in [2.24, 2.45) is 4.40 Å². The molecule has 54 valence electrons. The summed E-state index contributed by atoms with van der Waals surface area (Å²) in [6.45, 7) is 0. The lowest BCUT2D eigenvalue weighted by Gasteiger charge is -2.05. The maximum atomic E-state index is 5.39. The summed E-state index contributed by atoms with van der Waals surface area (Å²) in [5.41, 5.74) is 0. The highest BCUT2D eigenvalue weighted by molar-refractivity contribution is 7.97. The summed E-state index contributed by atoms with van der Waals surface area (Å²) in [6.07, 6.45) is 1.72. The van der Waals surface area contributed by atoms with Gasteiger partial charge in [-0.25, -0.2) is 4.40 Å². The molecule has 0 aromatic heterocycles. The van der Waals surface area contributed by atoms with Crippen LogP contribution in [0.15, 0.2) is 4.40 Å². The van der Waals surface area contributed by atoms with E-state index in [-0.39, 0.29) is 5.17 Å². The van der Waals surface area contributed by atoms with Gasteiger partial charge in [-0.3, -0.25) is 0 Å². The second-order valence-corrected chi connectivity index (χ2v) is 4.25. The summed E-state index contributed by atoms with van der Waals surface area (Å²) < 4.78 is 2.02. The molecule has 0 N–H and O–H groups in total. The first-order valence-electron chi connectivity index (χ1n) is 1.82. The standard InChI is InChI=1S/C3H3Cl4NS/c1-9-8-2(4)3(5,6)7/h1H3/b8-2+. The zero-order chi connectivity index (χ0) is 7.49. The van der Waals surface area contributed by atoms with Crippen LogP contribution in [-0.4, -0.2) is 15.2 Å². The minimum absolute atomic E-state index is 0.0278.